The zero-order valence-electron chi connectivity index (χ0n) is 14.0. The topological polar surface area (TPSA) is 17.1 Å². The lowest BCUT2D eigenvalue weighted by atomic mass is 9.48. The highest BCUT2D eigenvalue weighted by molar-refractivity contribution is 5.92. The van der Waals surface area contributed by atoms with Crippen molar-refractivity contribution in [3.8, 4) is 0 Å². The van der Waals surface area contributed by atoms with Crippen LogP contribution in [-0.2, 0) is 4.79 Å². The summed E-state index contributed by atoms with van der Waals surface area (Å²) < 4.78 is 0. The maximum absolute atomic E-state index is 11.8. The summed E-state index contributed by atoms with van der Waals surface area (Å²) in [6.45, 7) is 9.04. The molecular formula is C21H28O. The molecule has 0 aromatic rings. The number of carbonyl (C=O) groups is 1. The summed E-state index contributed by atoms with van der Waals surface area (Å²) in [7, 11) is 0. The largest absolute Gasteiger partial charge is 0.295 e. The van der Waals surface area contributed by atoms with Crippen LogP contribution in [0.15, 0.2) is 36.5 Å². The van der Waals surface area contributed by atoms with E-state index in [4.69, 9.17) is 0 Å². The molecule has 0 aromatic heterocycles. The second kappa shape index (κ2) is 4.69. The molecule has 0 aromatic carbocycles. The van der Waals surface area contributed by atoms with Gasteiger partial charge in [-0.25, -0.2) is 0 Å². The van der Waals surface area contributed by atoms with Crippen LogP contribution in [0.4, 0.5) is 0 Å². The Bertz CT molecular complexity index is 583. The average molecular weight is 296 g/mol. The Morgan fingerprint density at radius 3 is 2.77 bits per heavy atom. The number of ketones is 1. The Balaban J connectivity index is 1.74. The van der Waals surface area contributed by atoms with Gasteiger partial charge in [0.05, 0.1) is 0 Å². The van der Waals surface area contributed by atoms with E-state index in [9.17, 15) is 4.79 Å². The van der Waals surface area contributed by atoms with Gasteiger partial charge in [-0.1, -0.05) is 32.1 Å². The van der Waals surface area contributed by atoms with E-state index in [1.807, 2.05) is 6.08 Å². The highest BCUT2D eigenvalue weighted by atomic mass is 16.1. The minimum absolute atomic E-state index is 0.237. The molecule has 0 N–H and O–H groups in total. The molecule has 0 spiro atoms. The SMILES string of the molecule is C=C[C@H]1CCC2C3C=CC4=CC(=O)CC[C@]4(C)C3CC[C@@]21C. The van der Waals surface area contributed by atoms with Gasteiger partial charge in [-0.2, -0.15) is 0 Å². The van der Waals surface area contributed by atoms with E-state index < -0.39 is 0 Å². The van der Waals surface area contributed by atoms with Gasteiger partial charge in [0, 0.05) is 6.42 Å². The molecule has 2 saturated carbocycles. The van der Waals surface area contributed by atoms with Gasteiger partial charge in [0.25, 0.3) is 0 Å². The Kier molecular flexibility index (Phi) is 3.09. The Morgan fingerprint density at radius 2 is 2.00 bits per heavy atom. The molecule has 4 aliphatic rings. The van der Waals surface area contributed by atoms with Crippen LogP contribution in [0.2, 0.25) is 0 Å². The summed E-state index contributed by atoms with van der Waals surface area (Å²) in [4.78, 5) is 11.8. The van der Waals surface area contributed by atoms with E-state index >= 15 is 0 Å². The molecule has 0 bridgehead atoms. The predicted molar refractivity (Wildman–Crippen MR) is 90.3 cm³/mol. The van der Waals surface area contributed by atoms with E-state index in [0.29, 0.717) is 23.0 Å². The van der Waals surface area contributed by atoms with Gasteiger partial charge < -0.3 is 0 Å². The van der Waals surface area contributed by atoms with Crippen LogP contribution < -0.4 is 0 Å². The number of hydrogen-bond acceptors (Lipinski definition) is 1. The molecule has 4 aliphatic carbocycles. The summed E-state index contributed by atoms with van der Waals surface area (Å²) in [5.74, 6) is 3.27. The standard InChI is InChI=1S/C21H28O/c1-4-14-6-8-18-17-7-5-15-13-16(22)9-11-21(15,3)19(17)10-12-20(14,18)2/h4-5,7,13-14,17-19H,1,6,8-12H2,2-3H3/t14-,17?,18?,19?,20+,21-/m0/s1. The normalized spacial score (nSPS) is 49.9. The second-order valence-corrected chi connectivity index (χ2v) is 8.60. The molecule has 0 amide bonds. The zero-order valence-corrected chi connectivity index (χ0v) is 14.0. The number of carbonyl (C=O) groups excluding carboxylic acids is 1. The first-order valence-corrected chi connectivity index (χ1v) is 9.05. The van der Waals surface area contributed by atoms with Crippen LogP contribution in [0.5, 0.6) is 0 Å². The van der Waals surface area contributed by atoms with Crippen LogP contribution >= 0.6 is 0 Å². The van der Waals surface area contributed by atoms with Crippen LogP contribution in [0.25, 0.3) is 0 Å². The zero-order chi connectivity index (χ0) is 15.5. The minimum atomic E-state index is 0.237. The van der Waals surface area contributed by atoms with E-state index in [0.717, 1.165) is 24.7 Å². The molecule has 0 saturated heterocycles. The molecule has 1 nitrogen and oxygen atoms in total. The van der Waals surface area contributed by atoms with Crippen molar-refractivity contribution in [3.63, 3.8) is 0 Å². The molecule has 118 valence electrons. The van der Waals surface area contributed by atoms with Crippen LogP contribution in [-0.4, -0.2) is 5.78 Å². The molecule has 2 fully saturated rings. The molecule has 0 radical (unpaired) electrons. The van der Waals surface area contributed by atoms with E-state index in [2.05, 4.69) is 38.7 Å². The van der Waals surface area contributed by atoms with Crippen molar-refractivity contribution in [3.05, 3.63) is 36.5 Å². The van der Waals surface area contributed by atoms with Crippen molar-refractivity contribution in [2.24, 2.45) is 34.5 Å². The monoisotopic (exact) mass is 296 g/mol. The third-order valence-electron chi connectivity index (χ3n) is 7.87. The van der Waals surface area contributed by atoms with Crippen LogP contribution in [0, 0.1) is 34.5 Å². The Labute approximate surface area is 134 Å². The summed E-state index contributed by atoms with van der Waals surface area (Å²) in [6, 6.07) is 0. The van der Waals surface area contributed by atoms with Gasteiger partial charge >= 0.3 is 0 Å². The van der Waals surface area contributed by atoms with E-state index in [-0.39, 0.29) is 5.41 Å². The molecule has 4 rings (SSSR count). The van der Waals surface area contributed by atoms with Crippen molar-refractivity contribution >= 4 is 5.78 Å². The summed E-state index contributed by atoms with van der Waals surface area (Å²) in [6.07, 6.45) is 16.0. The van der Waals surface area contributed by atoms with E-state index in [1.54, 1.807) is 0 Å². The van der Waals surface area contributed by atoms with Crippen LogP contribution in [0.1, 0.15) is 52.4 Å². The lowest BCUT2D eigenvalue weighted by Crippen LogP contribution is -2.48. The van der Waals surface area contributed by atoms with Gasteiger partial charge in [0.2, 0.25) is 0 Å². The van der Waals surface area contributed by atoms with Crippen molar-refractivity contribution < 1.29 is 4.79 Å². The molecular weight excluding hydrogens is 268 g/mol. The third kappa shape index (κ3) is 1.74. The minimum Gasteiger partial charge on any atom is -0.295 e. The molecule has 3 unspecified atom stereocenters. The lowest BCUT2D eigenvalue weighted by Gasteiger charge is -2.55. The average Bonchev–Trinajstić information content (AvgIpc) is 2.84. The Morgan fingerprint density at radius 1 is 1.18 bits per heavy atom. The molecule has 0 heterocycles. The van der Waals surface area contributed by atoms with Gasteiger partial charge in [-0.3, -0.25) is 4.79 Å². The highest BCUT2D eigenvalue weighted by Gasteiger charge is 2.57. The van der Waals surface area contributed by atoms with Crippen molar-refractivity contribution in [1.29, 1.82) is 0 Å². The first kappa shape index (κ1) is 14.5. The number of allylic oxidation sites excluding steroid dienone is 5. The molecule has 6 atom stereocenters. The highest BCUT2D eigenvalue weighted by Crippen LogP contribution is 2.65. The second-order valence-electron chi connectivity index (χ2n) is 8.60. The first-order chi connectivity index (χ1) is 10.5. The van der Waals surface area contributed by atoms with Crippen molar-refractivity contribution in [2.75, 3.05) is 0 Å². The molecule has 0 aliphatic heterocycles. The maximum Gasteiger partial charge on any atom is 0.156 e. The fourth-order valence-electron chi connectivity index (χ4n) is 6.42. The summed E-state index contributed by atoms with van der Waals surface area (Å²) in [5, 5.41) is 0. The number of rotatable bonds is 1. The van der Waals surface area contributed by atoms with Crippen LogP contribution in [0.3, 0.4) is 0 Å². The fraction of sp³-hybridized carbons (Fsp3) is 0.667. The predicted octanol–water partition coefficient (Wildman–Crippen LogP) is 5.10. The van der Waals surface area contributed by atoms with Gasteiger partial charge in [-0.15, -0.1) is 6.58 Å². The molecule has 1 heteroatoms. The lowest BCUT2D eigenvalue weighted by molar-refractivity contribution is -0.116. The third-order valence-corrected chi connectivity index (χ3v) is 7.87. The van der Waals surface area contributed by atoms with Gasteiger partial charge in [0.1, 0.15) is 0 Å². The molecule has 22 heavy (non-hydrogen) atoms. The summed E-state index contributed by atoms with van der Waals surface area (Å²) in [5.41, 5.74) is 2.00. The fourth-order valence-corrected chi connectivity index (χ4v) is 6.42. The van der Waals surface area contributed by atoms with Crippen molar-refractivity contribution in [1.82, 2.24) is 0 Å². The van der Waals surface area contributed by atoms with Gasteiger partial charge in [0.15, 0.2) is 5.78 Å². The smallest absolute Gasteiger partial charge is 0.156 e. The number of fused-ring (bicyclic) bond motifs is 5. The quantitative estimate of drug-likeness (QED) is 0.615. The maximum atomic E-state index is 11.8. The van der Waals surface area contributed by atoms with Crippen molar-refractivity contribution in [2.45, 2.75) is 52.4 Å². The summed E-state index contributed by atoms with van der Waals surface area (Å²) >= 11 is 0. The Hall–Kier alpha value is -1.11. The van der Waals surface area contributed by atoms with Gasteiger partial charge in [-0.05, 0) is 78.3 Å². The number of hydrogen-bond donors (Lipinski definition) is 0. The van der Waals surface area contributed by atoms with E-state index in [1.165, 1.54) is 31.3 Å². The first-order valence-electron chi connectivity index (χ1n) is 9.05.